The quantitative estimate of drug-likeness (QED) is 0.716. The minimum absolute atomic E-state index is 0.0857. The Hall–Kier alpha value is -2.66. The number of methoxy groups -OCH3 is 1. The second kappa shape index (κ2) is 6.69. The number of nitrogens with zero attached hydrogens (tertiary/aromatic N) is 2. The predicted molar refractivity (Wildman–Crippen MR) is 99.0 cm³/mol. The molecule has 0 saturated carbocycles. The van der Waals surface area contributed by atoms with E-state index in [1.807, 2.05) is 59.5 Å². The number of benzene rings is 2. The first-order valence-electron chi connectivity index (χ1n) is 8.22. The Balaban J connectivity index is 1.58. The molecular formula is C20H18N2O2S. The summed E-state index contributed by atoms with van der Waals surface area (Å²) in [6, 6.07) is 17.4. The van der Waals surface area contributed by atoms with Crippen LogP contribution >= 0.6 is 11.3 Å². The van der Waals surface area contributed by atoms with Gasteiger partial charge in [-0.2, -0.15) is 0 Å². The van der Waals surface area contributed by atoms with Crippen LogP contribution < -0.4 is 4.74 Å². The Kier molecular flexibility index (Phi) is 4.24. The molecule has 5 heteroatoms. The number of carbonyl (C=O) groups excluding carboxylic acids is 1. The summed E-state index contributed by atoms with van der Waals surface area (Å²) < 4.78 is 5.30. The van der Waals surface area contributed by atoms with Gasteiger partial charge in [0.05, 0.1) is 19.3 Å². The summed E-state index contributed by atoms with van der Waals surface area (Å²) in [5.74, 6) is 0.911. The normalized spacial score (nSPS) is 13.4. The molecule has 0 N–H and O–H groups in total. The van der Waals surface area contributed by atoms with E-state index in [2.05, 4.69) is 0 Å². The maximum Gasteiger partial charge on any atom is 0.254 e. The van der Waals surface area contributed by atoms with Crippen molar-refractivity contribution in [2.75, 3.05) is 13.7 Å². The third kappa shape index (κ3) is 3.15. The third-order valence-corrected chi connectivity index (χ3v) is 5.49. The fourth-order valence-electron chi connectivity index (χ4n) is 3.01. The molecule has 126 valence electrons. The lowest BCUT2D eigenvalue weighted by molar-refractivity contribution is 0.0736. The van der Waals surface area contributed by atoms with Gasteiger partial charge in [-0.1, -0.05) is 30.3 Å². The van der Waals surface area contributed by atoms with Crippen LogP contribution in [-0.2, 0) is 13.0 Å². The largest absolute Gasteiger partial charge is 0.497 e. The number of rotatable bonds is 3. The first-order valence-corrected chi connectivity index (χ1v) is 9.03. The summed E-state index contributed by atoms with van der Waals surface area (Å²) in [6.07, 6.45) is 0.800. The van der Waals surface area contributed by atoms with Gasteiger partial charge in [-0.25, -0.2) is 4.98 Å². The monoisotopic (exact) mass is 350 g/mol. The van der Waals surface area contributed by atoms with E-state index in [-0.39, 0.29) is 5.91 Å². The molecule has 0 radical (unpaired) electrons. The fraction of sp³-hybridized carbons (Fsp3) is 0.200. The van der Waals surface area contributed by atoms with Crippen LogP contribution in [-0.4, -0.2) is 29.4 Å². The zero-order chi connectivity index (χ0) is 17.2. The summed E-state index contributed by atoms with van der Waals surface area (Å²) in [7, 11) is 1.67. The molecule has 3 aromatic rings. The van der Waals surface area contributed by atoms with Crippen LogP contribution in [0.15, 0.2) is 54.6 Å². The zero-order valence-electron chi connectivity index (χ0n) is 13.9. The predicted octanol–water partition coefficient (Wildman–Crippen LogP) is 4.02. The van der Waals surface area contributed by atoms with Gasteiger partial charge < -0.3 is 9.64 Å². The van der Waals surface area contributed by atoms with Crippen molar-refractivity contribution in [1.29, 1.82) is 0 Å². The average Bonchev–Trinajstić information content (AvgIpc) is 3.11. The van der Waals surface area contributed by atoms with Crippen molar-refractivity contribution in [3.8, 4) is 16.3 Å². The van der Waals surface area contributed by atoms with Gasteiger partial charge in [0, 0.05) is 29.0 Å². The van der Waals surface area contributed by atoms with Gasteiger partial charge in [0.2, 0.25) is 0 Å². The molecule has 0 atom stereocenters. The maximum atomic E-state index is 12.7. The van der Waals surface area contributed by atoms with Crippen LogP contribution in [0.25, 0.3) is 10.6 Å². The number of aromatic nitrogens is 1. The maximum absolute atomic E-state index is 12.7. The van der Waals surface area contributed by atoms with Crippen molar-refractivity contribution < 1.29 is 9.53 Å². The Labute approximate surface area is 150 Å². The SMILES string of the molecule is COc1cccc(-c2nc3c(s2)CN(C(=O)c2ccccc2)CC3)c1. The van der Waals surface area contributed by atoms with Crippen molar-refractivity contribution in [2.24, 2.45) is 0 Å². The number of carbonyl (C=O) groups is 1. The summed E-state index contributed by atoms with van der Waals surface area (Å²) >= 11 is 1.66. The first kappa shape index (κ1) is 15.8. The highest BCUT2D eigenvalue weighted by Gasteiger charge is 2.25. The van der Waals surface area contributed by atoms with E-state index in [0.29, 0.717) is 13.1 Å². The lowest BCUT2D eigenvalue weighted by atomic mass is 10.1. The van der Waals surface area contributed by atoms with E-state index in [1.54, 1.807) is 18.4 Å². The van der Waals surface area contributed by atoms with Crippen molar-refractivity contribution in [1.82, 2.24) is 9.88 Å². The van der Waals surface area contributed by atoms with E-state index in [1.165, 1.54) is 4.88 Å². The van der Waals surface area contributed by atoms with Crippen molar-refractivity contribution >= 4 is 17.2 Å². The fourth-order valence-corrected chi connectivity index (χ4v) is 4.13. The minimum Gasteiger partial charge on any atom is -0.497 e. The molecule has 0 spiro atoms. The second-order valence-electron chi connectivity index (χ2n) is 5.96. The van der Waals surface area contributed by atoms with Gasteiger partial charge in [-0.15, -0.1) is 11.3 Å². The second-order valence-corrected chi connectivity index (χ2v) is 7.05. The van der Waals surface area contributed by atoms with Gasteiger partial charge in [0.15, 0.2) is 0 Å². The number of amides is 1. The molecule has 4 nitrogen and oxygen atoms in total. The molecule has 2 heterocycles. The first-order chi connectivity index (χ1) is 12.2. The Morgan fingerprint density at radius 3 is 2.80 bits per heavy atom. The Bertz CT molecular complexity index is 905. The van der Waals surface area contributed by atoms with Crippen LogP contribution in [0.2, 0.25) is 0 Å². The number of hydrogen-bond donors (Lipinski definition) is 0. The molecule has 0 fully saturated rings. The smallest absolute Gasteiger partial charge is 0.254 e. The summed E-state index contributed by atoms with van der Waals surface area (Å²) in [5.41, 5.74) is 2.91. The van der Waals surface area contributed by atoms with Gasteiger partial charge in [-0.05, 0) is 24.3 Å². The van der Waals surface area contributed by atoms with E-state index in [0.717, 1.165) is 34.0 Å². The van der Waals surface area contributed by atoms with E-state index in [9.17, 15) is 4.79 Å². The number of thiazole rings is 1. The number of ether oxygens (including phenoxy) is 1. The van der Waals surface area contributed by atoms with Crippen LogP contribution in [0.4, 0.5) is 0 Å². The summed E-state index contributed by atoms with van der Waals surface area (Å²) in [5, 5.41) is 0.984. The van der Waals surface area contributed by atoms with E-state index in [4.69, 9.17) is 9.72 Å². The topological polar surface area (TPSA) is 42.4 Å². The highest BCUT2D eigenvalue weighted by molar-refractivity contribution is 7.15. The molecule has 25 heavy (non-hydrogen) atoms. The lowest BCUT2D eigenvalue weighted by Gasteiger charge is -2.26. The van der Waals surface area contributed by atoms with E-state index >= 15 is 0 Å². The number of fused-ring (bicyclic) bond motifs is 1. The highest BCUT2D eigenvalue weighted by Crippen LogP contribution is 2.33. The molecule has 0 bridgehead atoms. The molecular weight excluding hydrogens is 332 g/mol. The summed E-state index contributed by atoms with van der Waals surface area (Å²) in [6.45, 7) is 1.34. The highest BCUT2D eigenvalue weighted by atomic mass is 32.1. The molecule has 0 aliphatic carbocycles. The van der Waals surface area contributed by atoms with Gasteiger partial charge in [0.25, 0.3) is 5.91 Å². The van der Waals surface area contributed by atoms with Crippen molar-refractivity contribution in [3.63, 3.8) is 0 Å². The Morgan fingerprint density at radius 2 is 2.00 bits per heavy atom. The Morgan fingerprint density at radius 1 is 1.16 bits per heavy atom. The van der Waals surface area contributed by atoms with Crippen LogP contribution in [0.1, 0.15) is 20.9 Å². The third-order valence-electron chi connectivity index (χ3n) is 4.36. The van der Waals surface area contributed by atoms with E-state index < -0.39 is 0 Å². The standard InChI is InChI=1S/C20H18N2O2S/c1-24-16-9-5-8-15(12-16)19-21-17-10-11-22(13-18(17)25-19)20(23)14-6-3-2-4-7-14/h2-9,12H,10-11,13H2,1H3. The average molecular weight is 350 g/mol. The van der Waals surface area contributed by atoms with Crippen molar-refractivity contribution in [3.05, 3.63) is 70.7 Å². The molecule has 1 aromatic heterocycles. The molecule has 1 amide bonds. The molecule has 0 unspecified atom stereocenters. The molecule has 1 aliphatic rings. The summed E-state index contributed by atoms with van der Waals surface area (Å²) in [4.78, 5) is 20.5. The lowest BCUT2D eigenvalue weighted by Crippen LogP contribution is -2.35. The van der Waals surface area contributed by atoms with Crippen LogP contribution in [0.3, 0.4) is 0 Å². The minimum atomic E-state index is 0.0857. The molecule has 0 saturated heterocycles. The van der Waals surface area contributed by atoms with Crippen LogP contribution in [0.5, 0.6) is 5.75 Å². The van der Waals surface area contributed by atoms with Crippen molar-refractivity contribution in [2.45, 2.75) is 13.0 Å². The zero-order valence-corrected chi connectivity index (χ0v) is 14.8. The van der Waals surface area contributed by atoms with Crippen LogP contribution in [0, 0.1) is 0 Å². The van der Waals surface area contributed by atoms with Gasteiger partial charge in [-0.3, -0.25) is 4.79 Å². The number of hydrogen-bond acceptors (Lipinski definition) is 4. The molecule has 4 rings (SSSR count). The molecule has 1 aliphatic heterocycles. The molecule has 2 aromatic carbocycles. The van der Waals surface area contributed by atoms with Gasteiger partial charge in [0.1, 0.15) is 10.8 Å². The van der Waals surface area contributed by atoms with Gasteiger partial charge >= 0.3 is 0 Å².